The molecule has 5 nitrogen and oxygen atoms in total. The highest BCUT2D eigenvalue weighted by Crippen LogP contribution is 2.41. The highest BCUT2D eigenvalue weighted by molar-refractivity contribution is 6.17. The second kappa shape index (κ2) is 7.56. The zero-order valence-corrected chi connectivity index (χ0v) is 17.5. The minimum Gasteiger partial charge on any atom is -0.480 e. The molecule has 1 unspecified atom stereocenters. The maximum atomic E-state index is 13.4. The van der Waals surface area contributed by atoms with E-state index in [4.69, 9.17) is 16.3 Å². The molecule has 1 atom stereocenters. The number of hydrogen-bond acceptors (Lipinski definition) is 4. The van der Waals surface area contributed by atoms with Gasteiger partial charge in [-0.15, -0.1) is 11.6 Å². The summed E-state index contributed by atoms with van der Waals surface area (Å²) in [6.45, 7) is 6.82. The van der Waals surface area contributed by atoms with Crippen molar-refractivity contribution in [3.8, 4) is 5.75 Å². The van der Waals surface area contributed by atoms with Crippen molar-refractivity contribution >= 4 is 28.3 Å². The van der Waals surface area contributed by atoms with E-state index in [0.29, 0.717) is 29.3 Å². The monoisotopic (exact) mass is 409 g/mol. The van der Waals surface area contributed by atoms with Gasteiger partial charge in [-0.05, 0) is 39.0 Å². The predicted octanol–water partition coefficient (Wildman–Crippen LogP) is 4.86. The number of aryl methyl sites for hydroxylation is 1. The zero-order chi connectivity index (χ0) is 20.6. The molecule has 0 saturated heterocycles. The topological polar surface area (TPSA) is 56.1 Å². The maximum absolute atomic E-state index is 13.4. The van der Waals surface area contributed by atoms with E-state index in [1.165, 1.54) is 0 Å². The lowest BCUT2D eigenvalue weighted by molar-refractivity contribution is 0.0960. The van der Waals surface area contributed by atoms with Gasteiger partial charge in [-0.25, -0.2) is 0 Å². The summed E-state index contributed by atoms with van der Waals surface area (Å²) in [5.74, 6) is 1.06. The third-order valence-electron chi connectivity index (χ3n) is 4.91. The zero-order valence-electron chi connectivity index (χ0n) is 16.8. The molecule has 3 aromatic rings. The van der Waals surface area contributed by atoms with E-state index in [9.17, 15) is 4.79 Å². The molecule has 2 aromatic heterocycles. The summed E-state index contributed by atoms with van der Waals surface area (Å²) >= 11 is 6.00. The highest BCUT2D eigenvalue weighted by Gasteiger charge is 2.35. The van der Waals surface area contributed by atoms with Crippen LogP contribution in [0.3, 0.4) is 0 Å². The first kappa shape index (κ1) is 19.5. The molecule has 29 heavy (non-hydrogen) atoms. The Bertz CT molecular complexity index is 1090. The summed E-state index contributed by atoms with van der Waals surface area (Å²) < 4.78 is 8.43. The second-order valence-electron chi connectivity index (χ2n) is 8.18. The molecule has 1 aliphatic rings. The predicted molar refractivity (Wildman–Crippen MR) is 116 cm³/mol. The quantitative estimate of drug-likeness (QED) is 0.493. The van der Waals surface area contributed by atoms with Gasteiger partial charge >= 0.3 is 0 Å². The van der Waals surface area contributed by atoms with Crippen LogP contribution in [0.15, 0.2) is 60.7 Å². The van der Waals surface area contributed by atoms with Crippen molar-refractivity contribution in [2.24, 2.45) is 0 Å². The number of fused-ring (bicyclic) bond motifs is 2. The number of ketones is 1. The van der Waals surface area contributed by atoms with Crippen molar-refractivity contribution in [2.75, 3.05) is 5.88 Å². The van der Waals surface area contributed by atoms with E-state index in [0.717, 1.165) is 16.5 Å². The van der Waals surface area contributed by atoms with Crippen molar-refractivity contribution < 1.29 is 9.53 Å². The van der Waals surface area contributed by atoms with Gasteiger partial charge in [0.05, 0.1) is 22.9 Å². The van der Waals surface area contributed by atoms with Gasteiger partial charge in [0.25, 0.3) is 0 Å². The number of pyridine rings is 1. The summed E-state index contributed by atoms with van der Waals surface area (Å²) in [5, 5.41) is 4.33. The molecule has 6 heteroatoms. The standard InChI is InChI=1S/C23H24ClN3O2/c1-23(2,3)26-12-17-21(28)16-6-4-5-7-20(16)29-22(17)18-14-27(11-9-24)19-13-25-10-8-15(18)19/h4-8,10,12-14,22,26H,9,11H2,1-3H3/b17-12+. The van der Waals surface area contributed by atoms with Gasteiger partial charge in [-0.1, -0.05) is 12.1 Å². The molecule has 0 spiro atoms. The molecule has 0 amide bonds. The first-order valence-corrected chi connectivity index (χ1v) is 10.2. The fourth-order valence-corrected chi connectivity index (χ4v) is 3.72. The number of nitrogens with zero attached hydrogens (tertiary/aromatic N) is 2. The second-order valence-corrected chi connectivity index (χ2v) is 8.55. The Morgan fingerprint density at radius 1 is 1.28 bits per heavy atom. The number of aromatic nitrogens is 2. The molecule has 4 rings (SSSR count). The van der Waals surface area contributed by atoms with Crippen LogP contribution in [0.25, 0.3) is 10.9 Å². The van der Waals surface area contributed by atoms with Crippen LogP contribution < -0.4 is 10.1 Å². The third-order valence-corrected chi connectivity index (χ3v) is 5.07. The molecule has 0 aliphatic carbocycles. The Labute approximate surface area is 175 Å². The molecule has 3 heterocycles. The van der Waals surface area contributed by atoms with E-state index >= 15 is 0 Å². The lowest BCUT2D eigenvalue weighted by Crippen LogP contribution is -2.34. The van der Waals surface area contributed by atoms with Gasteiger partial charge in [0.1, 0.15) is 5.75 Å². The minimum absolute atomic E-state index is 0.0269. The Balaban J connectivity index is 1.88. The van der Waals surface area contributed by atoms with Gasteiger partial charge in [0, 0.05) is 47.5 Å². The SMILES string of the molecule is CC(C)(C)N/C=C1\C(=O)c2ccccc2OC1c1cn(CCCl)c2cnccc12. The molecule has 0 saturated carbocycles. The van der Waals surface area contributed by atoms with E-state index in [-0.39, 0.29) is 11.3 Å². The fourth-order valence-electron chi connectivity index (χ4n) is 3.54. The van der Waals surface area contributed by atoms with Crippen molar-refractivity contribution in [1.82, 2.24) is 14.9 Å². The van der Waals surface area contributed by atoms with Crippen LogP contribution in [0.2, 0.25) is 0 Å². The molecular formula is C23H24ClN3O2. The molecule has 150 valence electrons. The van der Waals surface area contributed by atoms with E-state index in [1.54, 1.807) is 18.5 Å². The summed E-state index contributed by atoms with van der Waals surface area (Å²) in [6, 6.07) is 9.34. The van der Waals surface area contributed by atoms with Crippen molar-refractivity contribution in [1.29, 1.82) is 0 Å². The number of nitrogens with one attached hydrogen (secondary N) is 1. The molecule has 1 N–H and O–H groups in total. The van der Waals surface area contributed by atoms with Crippen LogP contribution in [0.4, 0.5) is 0 Å². The normalized spacial score (nSPS) is 18.0. The first-order chi connectivity index (χ1) is 13.9. The number of benzene rings is 1. The number of hydrogen-bond donors (Lipinski definition) is 1. The Morgan fingerprint density at radius 3 is 2.83 bits per heavy atom. The molecule has 0 radical (unpaired) electrons. The first-order valence-electron chi connectivity index (χ1n) is 9.66. The Morgan fingerprint density at radius 2 is 2.07 bits per heavy atom. The molecule has 1 aliphatic heterocycles. The average Bonchev–Trinajstić information content (AvgIpc) is 3.05. The summed E-state index contributed by atoms with van der Waals surface area (Å²) in [6.07, 6.45) is 6.88. The van der Waals surface area contributed by atoms with E-state index < -0.39 is 6.10 Å². The summed E-state index contributed by atoms with van der Waals surface area (Å²) in [4.78, 5) is 17.6. The third kappa shape index (κ3) is 3.75. The lowest BCUT2D eigenvalue weighted by Gasteiger charge is -2.29. The lowest BCUT2D eigenvalue weighted by atomic mass is 9.91. The van der Waals surface area contributed by atoms with Crippen molar-refractivity contribution in [2.45, 2.75) is 39.0 Å². The number of rotatable bonds is 4. The van der Waals surface area contributed by atoms with Gasteiger partial charge in [0.2, 0.25) is 0 Å². The van der Waals surface area contributed by atoms with Crippen LogP contribution in [0, 0.1) is 0 Å². The van der Waals surface area contributed by atoms with Gasteiger partial charge in [0.15, 0.2) is 11.9 Å². The van der Waals surface area contributed by atoms with E-state index in [1.807, 2.05) is 36.7 Å². The number of halogens is 1. The van der Waals surface area contributed by atoms with Crippen LogP contribution in [0.1, 0.15) is 42.8 Å². The van der Waals surface area contributed by atoms with Crippen LogP contribution in [-0.4, -0.2) is 26.8 Å². The van der Waals surface area contributed by atoms with Gasteiger partial charge in [-0.2, -0.15) is 0 Å². The summed E-state index contributed by atoms with van der Waals surface area (Å²) in [5.41, 5.74) is 2.89. The Hall–Kier alpha value is -2.79. The summed E-state index contributed by atoms with van der Waals surface area (Å²) in [7, 11) is 0. The average molecular weight is 410 g/mol. The smallest absolute Gasteiger partial charge is 0.198 e. The van der Waals surface area contributed by atoms with Crippen LogP contribution >= 0.6 is 11.6 Å². The maximum Gasteiger partial charge on any atom is 0.198 e. The highest BCUT2D eigenvalue weighted by atomic mass is 35.5. The molecular weight excluding hydrogens is 386 g/mol. The number of carbonyl (C=O) groups excluding carboxylic acids is 1. The van der Waals surface area contributed by atoms with Gasteiger partial charge < -0.3 is 14.6 Å². The van der Waals surface area contributed by atoms with Crippen molar-refractivity contribution in [3.05, 3.63) is 71.8 Å². The minimum atomic E-state index is -0.520. The largest absolute Gasteiger partial charge is 0.480 e. The van der Waals surface area contributed by atoms with Crippen molar-refractivity contribution in [3.63, 3.8) is 0 Å². The van der Waals surface area contributed by atoms with E-state index in [2.05, 4.69) is 35.6 Å². The molecule has 1 aromatic carbocycles. The number of Topliss-reactive ketones (excluding diaryl/α,β-unsaturated/α-hetero) is 1. The molecule has 0 bridgehead atoms. The van der Waals surface area contributed by atoms with Crippen LogP contribution in [0.5, 0.6) is 5.75 Å². The number of para-hydroxylation sites is 1. The fraction of sp³-hybridized carbons (Fsp3) is 0.304. The Kier molecular flexibility index (Phi) is 5.09. The number of ether oxygens (including phenoxy) is 1. The van der Waals surface area contributed by atoms with Crippen LogP contribution in [-0.2, 0) is 6.54 Å². The molecule has 0 fully saturated rings. The van der Waals surface area contributed by atoms with Gasteiger partial charge in [-0.3, -0.25) is 9.78 Å². The number of alkyl halides is 1. The number of carbonyl (C=O) groups is 1.